The van der Waals surface area contributed by atoms with Crippen LogP contribution < -0.4 is 0 Å². The van der Waals surface area contributed by atoms with Gasteiger partial charge in [-0.25, -0.2) is 4.98 Å². The van der Waals surface area contributed by atoms with Crippen molar-refractivity contribution < 1.29 is 5.11 Å². The van der Waals surface area contributed by atoms with E-state index in [0.29, 0.717) is 18.2 Å². The molecule has 1 unspecified atom stereocenters. The zero-order valence-corrected chi connectivity index (χ0v) is 11.9. The highest BCUT2D eigenvalue weighted by atomic mass is 16.3. The zero-order valence-electron chi connectivity index (χ0n) is 11.9. The van der Waals surface area contributed by atoms with Crippen LogP contribution in [0.25, 0.3) is 0 Å². The standard InChI is InChI=1S/C15H22N4O/c1-18-10-14(16-11-18)15(20)9-12-7-8-19(17-12)13-5-3-2-4-6-13/h7-8,10-11,13,15,20H,2-6,9H2,1H3. The Morgan fingerprint density at radius 1 is 1.35 bits per heavy atom. The van der Waals surface area contributed by atoms with Gasteiger partial charge in [-0.05, 0) is 18.9 Å². The predicted octanol–water partition coefficient (Wildman–Crippen LogP) is 2.40. The summed E-state index contributed by atoms with van der Waals surface area (Å²) in [6.45, 7) is 0. The van der Waals surface area contributed by atoms with E-state index in [2.05, 4.69) is 21.0 Å². The maximum absolute atomic E-state index is 10.2. The molecule has 0 spiro atoms. The molecule has 2 heterocycles. The molecule has 108 valence electrons. The first-order valence-electron chi connectivity index (χ1n) is 7.42. The fraction of sp³-hybridized carbons (Fsp3) is 0.600. The Morgan fingerprint density at radius 2 is 2.15 bits per heavy atom. The van der Waals surface area contributed by atoms with Crippen molar-refractivity contribution >= 4 is 0 Å². The smallest absolute Gasteiger partial charge is 0.103 e. The van der Waals surface area contributed by atoms with Crippen LogP contribution in [0.4, 0.5) is 0 Å². The average Bonchev–Trinajstić information content (AvgIpc) is 3.09. The fourth-order valence-electron chi connectivity index (χ4n) is 2.94. The SMILES string of the molecule is Cn1cnc(C(O)Cc2ccn(C3CCCCC3)n2)c1. The van der Waals surface area contributed by atoms with Gasteiger partial charge < -0.3 is 9.67 Å². The number of aliphatic hydroxyl groups is 1. The largest absolute Gasteiger partial charge is 0.386 e. The van der Waals surface area contributed by atoms with Gasteiger partial charge in [0.1, 0.15) is 6.10 Å². The highest BCUT2D eigenvalue weighted by molar-refractivity contribution is 5.08. The van der Waals surface area contributed by atoms with Crippen LogP contribution >= 0.6 is 0 Å². The summed E-state index contributed by atoms with van der Waals surface area (Å²) >= 11 is 0. The molecule has 5 heteroatoms. The number of hydrogen-bond acceptors (Lipinski definition) is 3. The van der Waals surface area contributed by atoms with E-state index in [4.69, 9.17) is 0 Å². The number of rotatable bonds is 4. The molecule has 0 amide bonds. The molecule has 0 radical (unpaired) electrons. The first-order valence-corrected chi connectivity index (χ1v) is 7.42. The molecule has 0 aromatic carbocycles. The molecule has 0 aliphatic heterocycles. The van der Waals surface area contributed by atoms with Gasteiger partial charge in [-0.2, -0.15) is 5.10 Å². The van der Waals surface area contributed by atoms with Gasteiger partial charge >= 0.3 is 0 Å². The minimum Gasteiger partial charge on any atom is -0.386 e. The van der Waals surface area contributed by atoms with Crippen molar-refractivity contribution in [3.05, 3.63) is 36.2 Å². The van der Waals surface area contributed by atoms with Crippen molar-refractivity contribution in [2.75, 3.05) is 0 Å². The molecular weight excluding hydrogens is 252 g/mol. The topological polar surface area (TPSA) is 55.9 Å². The van der Waals surface area contributed by atoms with E-state index in [9.17, 15) is 5.11 Å². The monoisotopic (exact) mass is 274 g/mol. The van der Waals surface area contributed by atoms with Crippen molar-refractivity contribution in [3.8, 4) is 0 Å². The molecule has 3 rings (SSSR count). The second kappa shape index (κ2) is 5.79. The van der Waals surface area contributed by atoms with E-state index in [1.807, 2.05) is 23.9 Å². The Morgan fingerprint density at radius 3 is 2.85 bits per heavy atom. The van der Waals surface area contributed by atoms with Crippen molar-refractivity contribution in [2.24, 2.45) is 7.05 Å². The van der Waals surface area contributed by atoms with Crippen LogP contribution in [0, 0.1) is 0 Å². The summed E-state index contributed by atoms with van der Waals surface area (Å²) < 4.78 is 3.93. The summed E-state index contributed by atoms with van der Waals surface area (Å²) in [5.74, 6) is 0. The number of imidazole rings is 1. The van der Waals surface area contributed by atoms with E-state index in [-0.39, 0.29) is 0 Å². The number of nitrogens with zero attached hydrogens (tertiary/aromatic N) is 4. The van der Waals surface area contributed by atoms with Crippen LogP contribution in [0.15, 0.2) is 24.8 Å². The Balaban J connectivity index is 1.64. The van der Waals surface area contributed by atoms with Crippen molar-refractivity contribution in [3.63, 3.8) is 0 Å². The normalized spacial score (nSPS) is 18.3. The first kappa shape index (κ1) is 13.4. The minimum absolute atomic E-state index is 0.525. The van der Waals surface area contributed by atoms with E-state index in [0.717, 1.165) is 5.69 Å². The van der Waals surface area contributed by atoms with Gasteiger partial charge in [0.05, 0.1) is 23.8 Å². The quantitative estimate of drug-likeness (QED) is 0.931. The lowest BCUT2D eigenvalue weighted by Gasteiger charge is -2.21. The molecule has 2 aromatic heterocycles. The molecule has 1 N–H and O–H groups in total. The Labute approximate surface area is 119 Å². The molecule has 5 nitrogen and oxygen atoms in total. The van der Waals surface area contributed by atoms with Gasteiger partial charge in [-0.15, -0.1) is 0 Å². The Kier molecular flexibility index (Phi) is 3.87. The maximum Gasteiger partial charge on any atom is 0.103 e. The van der Waals surface area contributed by atoms with Crippen LogP contribution in [-0.2, 0) is 13.5 Å². The first-order chi connectivity index (χ1) is 9.72. The van der Waals surface area contributed by atoms with Crippen LogP contribution in [0.1, 0.15) is 55.6 Å². The van der Waals surface area contributed by atoms with Crippen molar-refractivity contribution in [1.29, 1.82) is 0 Å². The fourth-order valence-corrected chi connectivity index (χ4v) is 2.94. The van der Waals surface area contributed by atoms with Gasteiger partial charge in [0, 0.05) is 25.9 Å². The van der Waals surface area contributed by atoms with Gasteiger partial charge in [-0.3, -0.25) is 4.68 Å². The molecule has 1 saturated carbocycles. The number of aliphatic hydroxyl groups excluding tert-OH is 1. The van der Waals surface area contributed by atoms with E-state index >= 15 is 0 Å². The van der Waals surface area contributed by atoms with Crippen LogP contribution in [0.3, 0.4) is 0 Å². The van der Waals surface area contributed by atoms with Gasteiger partial charge in [0.2, 0.25) is 0 Å². The van der Waals surface area contributed by atoms with Gasteiger partial charge in [0.25, 0.3) is 0 Å². The number of hydrogen-bond donors (Lipinski definition) is 1. The molecule has 1 aliphatic rings. The molecule has 1 fully saturated rings. The molecule has 20 heavy (non-hydrogen) atoms. The Bertz CT molecular complexity index is 554. The van der Waals surface area contributed by atoms with Gasteiger partial charge in [-0.1, -0.05) is 19.3 Å². The highest BCUT2D eigenvalue weighted by Crippen LogP contribution is 2.27. The minimum atomic E-state index is -0.578. The molecule has 2 aromatic rings. The summed E-state index contributed by atoms with van der Waals surface area (Å²) in [5.41, 5.74) is 1.65. The molecule has 1 atom stereocenters. The van der Waals surface area contributed by atoms with E-state index in [1.165, 1.54) is 32.1 Å². The second-order valence-corrected chi connectivity index (χ2v) is 5.76. The predicted molar refractivity (Wildman–Crippen MR) is 76.2 cm³/mol. The summed E-state index contributed by atoms with van der Waals surface area (Å²) in [4.78, 5) is 4.19. The molecule has 0 saturated heterocycles. The third-order valence-electron chi connectivity index (χ3n) is 4.08. The third kappa shape index (κ3) is 2.93. The second-order valence-electron chi connectivity index (χ2n) is 5.76. The van der Waals surface area contributed by atoms with Crippen LogP contribution in [0.2, 0.25) is 0 Å². The van der Waals surface area contributed by atoms with E-state index < -0.39 is 6.10 Å². The summed E-state index contributed by atoms with van der Waals surface area (Å²) in [7, 11) is 1.90. The maximum atomic E-state index is 10.2. The lowest BCUT2D eigenvalue weighted by molar-refractivity contribution is 0.172. The highest BCUT2D eigenvalue weighted by Gasteiger charge is 2.17. The van der Waals surface area contributed by atoms with Crippen LogP contribution in [-0.4, -0.2) is 24.4 Å². The Hall–Kier alpha value is -1.62. The molecule has 0 bridgehead atoms. The number of aryl methyl sites for hydroxylation is 1. The molecule has 1 aliphatic carbocycles. The summed E-state index contributed by atoms with van der Waals surface area (Å²) in [6, 6.07) is 2.56. The van der Waals surface area contributed by atoms with Gasteiger partial charge in [0.15, 0.2) is 0 Å². The lowest BCUT2D eigenvalue weighted by atomic mass is 9.96. The molecular formula is C15H22N4O. The number of aromatic nitrogens is 4. The summed E-state index contributed by atoms with van der Waals surface area (Å²) in [5, 5.41) is 14.8. The van der Waals surface area contributed by atoms with Crippen molar-refractivity contribution in [2.45, 2.75) is 50.7 Å². The average molecular weight is 274 g/mol. The summed E-state index contributed by atoms with van der Waals surface area (Å²) in [6.07, 6.45) is 12.0. The van der Waals surface area contributed by atoms with Crippen molar-refractivity contribution in [1.82, 2.24) is 19.3 Å². The lowest BCUT2D eigenvalue weighted by Crippen LogP contribution is -2.13. The zero-order chi connectivity index (χ0) is 13.9. The van der Waals surface area contributed by atoms with Crippen LogP contribution in [0.5, 0.6) is 0 Å². The van der Waals surface area contributed by atoms with E-state index in [1.54, 1.807) is 6.33 Å². The third-order valence-corrected chi connectivity index (χ3v) is 4.08.